The molecule has 1 aliphatic heterocycles. The van der Waals surface area contributed by atoms with E-state index in [1.807, 2.05) is 0 Å². The van der Waals surface area contributed by atoms with Crippen molar-refractivity contribution in [3.8, 4) is 5.75 Å². The summed E-state index contributed by atoms with van der Waals surface area (Å²) in [6, 6.07) is 10.7. The van der Waals surface area contributed by atoms with E-state index in [-0.39, 0.29) is 4.99 Å². The van der Waals surface area contributed by atoms with Crippen LogP contribution < -0.4 is 10.1 Å². The largest absolute Gasteiger partial charge is 0.497 e. The highest BCUT2D eigenvalue weighted by Gasteiger charge is 2.35. The Bertz CT molecular complexity index is 866. The third kappa shape index (κ3) is 4.16. The van der Waals surface area contributed by atoms with Gasteiger partial charge < -0.3 is 10.1 Å². The number of aliphatic imine (C=N–C) groups is 1. The molecule has 26 heavy (non-hydrogen) atoms. The number of benzodiazepines with no additional fused rings is 1. The summed E-state index contributed by atoms with van der Waals surface area (Å²) in [5.74, 6) is 0.562. The number of fused-ring (bicyclic) bond motifs is 1. The number of hydrogen-bond donors (Lipinski definition) is 1. The van der Waals surface area contributed by atoms with Gasteiger partial charge in [0.1, 0.15) is 16.8 Å². The fourth-order valence-corrected chi connectivity index (χ4v) is 3.02. The highest BCUT2D eigenvalue weighted by molar-refractivity contribution is 7.80. The zero-order chi connectivity index (χ0) is 18.9. The minimum Gasteiger partial charge on any atom is -0.497 e. The van der Waals surface area contributed by atoms with Crippen molar-refractivity contribution in [2.24, 2.45) is 4.99 Å². The van der Waals surface area contributed by atoms with Gasteiger partial charge in [0, 0.05) is 21.8 Å². The molecule has 1 atom stereocenters. The minimum absolute atomic E-state index is 0.0257. The smallest absolute Gasteiger partial charge is 0.391 e. The summed E-state index contributed by atoms with van der Waals surface area (Å²) in [5, 5.41) is 3.42. The quantitative estimate of drug-likeness (QED) is 0.716. The zero-order valence-electron chi connectivity index (χ0n) is 13.6. The Morgan fingerprint density at radius 2 is 1.88 bits per heavy atom. The fourth-order valence-electron chi connectivity index (χ4n) is 2.65. The normalized spacial score (nSPS) is 17.0. The second-order valence-corrected chi connectivity index (χ2v) is 6.60. The second-order valence-electron chi connectivity index (χ2n) is 5.72. The number of ether oxygens (including phenoxy) is 1. The van der Waals surface area contributed by atoms with Crippen molar-refractivity contribution in [2.45, 2.75) is 18.6 Å². The highest BCUT2D eigenvalue weighted by atomic mass is 35.5. The molecule has 3 rings (SSSR count). The lowest BCUT2D eigenvalue weighted by molar-refractivity contribution is -0.134. The molecular formula is C18H14ClF3N2OS. The van der Waals surface area contributed by atoms with Gasteiger partial charge in [0.25, 0.3) is 0 Å². The van der Waals surface area contributed by atoms with Crippen LogP contribution >= 0.6 is 23.8 Å². The summed E-state index contributed by atoms with van der Waals surface area (Å²) in [6.07, 6.45) is -5.53. The van der Waals surface area contributed by atoms with Crippen LogP contribution in [0.1, 0.15) is 17.5 Å². The van der Waals surface area contributed by atoms with Crippen LogP contribution in [0.4, 0.5) is 18.9 Å². The minimum atomic E-state index is -4.39. The van der Waals surface area contributed by atoms with Crippen molar-refractivity contribution < 1.29 is 17.9 Å². The topological polar surface area (TPSA) is 33.6 Å². The van der Waals surface area contributed by atoms with Crippen LogP contribution in [0, 0.1) is 0 Å². The van der Waals surface area contributed by atoms with Gasteiger partial charge in [-0.1, -0.05) is 36.0 Å². The second kappa shape index (κ2) is 7.25. The van der Waals surface area contributed by atoms with E-state index in [1.165, 1.54) is 7.11 Å². The highest BCUT2D eigenvalue weighted by Crippen LogP contribution is 2.32. The number of anilines is 1. The number of hydrogen-bond acceptors (Lipinski definition) is 3. The van der Waals surface area contributed by atoms with E-state index < -0.39 is 18.6 Å². The van der Waals surface area contributed by atoms with Gasteiger partial charge in [0.2, 0.25) is 0 Å². The standard InChI is InChI=1S/C18H14ClF3N2OS/c1-25-12-6-7-14-13(8-12)16(10-2-4-11(19)5-3-10)23-15(17(26)24-14)9-18(20,21)22/h2-8,15H,9H2,1H3,(H,24,26). The number of rotatable bonds is 3. The van der Waals surface area contributed by atoms with Crippen LogP contribution in [-0.4, -0.2) is 30.0 Å². The molecule has 0 amide bonds. The Morgan fingerprint density at radius 3 is 2.50 bits per heavy atom. The van der Waals surface area contributed by atoms with Crippen LogP contribution in [0.15, 0.2) is 47.5 Å². The van der Waals surface area contributed by atoms with Crippen LogP contribution in [0.5, 0.6) is 5.75 Å². The first kappa shape index (κ1) is 18.7. The summed E-state index contributed by atoms with van der Waals surface area (Å²) >= 11 is 11.1. The molecule has 2 aromatic carbocycles. The maximum Gasteiger partial charge on any atom is 0.391 e. The van der Waals surface area contributed by atoms with Gasteiger partial charge in [0.05, 0.1) is 19.2 Å². The molecule has 1 N–H and O–H groups in total. The molecule has 0 saturated heterocycles. The molecule has 2 aromatic rings. The average molecular weight is 399 g/mol. The lowest BCUT2D eigenvalue weighted by Crippen LogP contribution is -2.29. The Hall–Kier alpha value is -2.12. The van der Waals surface area contributed by atoms with Gasteiger partial charge in [0.15, 0.2) is 0 Å². The van der Waals surface area contributed by atoms with E-state index in [9.17, 15) is 13.2 Å². The number of alkyl halides is 3. The number of nitrogens with zero attached hydrogens (tertiary/aromatic N) is 1. The number of thiocarbonyl (C=S) groups is 1. The van der Waals surface area contributed by atoms with Crippen molar-refractivity contribution in [2.75, 3.05) is 12.4 Å². The van der Waals surface area contributed by atoms with Gasteiger partial charge in [-0.25, -0.2) is 0 Å². The van der Waals surface area contributed by atoms with Gasteiger partial charge >= 0.3 is 6.18 Å². The van der Waals surface area contributed by atoms with Gasteiger partial charge in [-0.05, 0) is 30.3 Å². The third-order valence-electron chi connectivity index (χ3n) is 3.87. The molecular weight excluding hydrogens is 385 g/mol. The van der Waals surface area contributed by atoms with Crippen molar-refractivity contribution >= 4 is 40.2 Å². The number of halogens is 4. The molecule has 0 bridgehead atoms. The molecule has 8 heteroatoms. The molecule has 0 aromatic heterocycles. The lowest BCUT2D eigenvalue weighted by Gasteiger charge is -2.15. The zero-order valence-corrected chi connectivity index (χ0v) is 15.2. The molecule has 0 radical (unpaired) electrons. The molecule has 1 heterocycles. The van der Waals surface area contributed by atoms with Crippen molar-refractivity contribution in [1.82, 2.24) is 0 Å². The van der Waals surface area contributed by atoms with Crippen molar-refractivity contribution in [1.29, 1.82) is 0 Å². The maximum absolute atomic E-state index is 13.0. The molecule has 1 unspecified atom stereocenters. The van der Waals surface area contributed by atoms with Gasteiger partial charge in [-0.2, -0.15) is 13.2 Å². The molecule has 0 saturated carbocycles. The first-order valence-corrected chi connectivity index (χ1v) is 8.45. The lowest BCUT2D eigenvalue weighted by atomic mass is 10.00. The first-order valence-electron chi connectivity index (χ1n) is 7.66. The molecule has 1 aliphatic rings. The molecule has 136 valence electrons. The SMILES string of the molecule is COc1ccc2c(c1)C(c1ccc(Cl)cc1)=NC(CC(F)(F)F)C(=S)N2. The molecule has 0 fully saturated rings. The number of nitrogens with one attached hydrogen (secondary N) is 1. The maximum atomic E-state index is 13.0. The molecule has 0 spiro atoms. The fraction of sp³-hybridized carbons (Fsp3) is 0.222. The van der Waals surface area contributed by atoms with Crippen molar-refractivity contribution in [3.05, 3.63) is 58.6 Å². The van der Waals surface area contributed by atoms with Gasteiger partial charge in [-0.3, -0.25) is 4.99 Å². The average Bonchev–Trinajstić information content (AvgIpc) is 2.71. The van der Waals surface area contributed by atoms with E-state index in [2.05, 4.69) is 10.3 Å². The van der Waals surface area contributed by atoms with Crippen molar-refractivity contribution in [3.63, 3.8) is 0 Å². The molecule has 0 aliphatic carbocycles. The summed E-state index contributed by atoms with van der Waals surface area (Å²) in [5.41, 5.74) is 2.23. The summed E-state index contributed by atoms with van der Waals surface area (Å²) in [7, 11) is 1.52. The Morgan fingerprint density at radius 1 is 1.19 bits per heavy atom. The predicted molar refractivity (Wildman–Crippen MR) is 101 cm³/mol. The predicted octanol–water partition coefficient (Wildman–Crippen LogP) is 5.26. The Kier molecular flexibility index (Phi) is 5.20. The number of methoxy groups -OCH3 is 1. The van der Waals surface area contributed by atoms with Crippen LogP contribution in [0.25, 0.3) is 0 Å². The van der Waals surface area contributed by atoms with E-state index in [1.54, 1.807) is 42.5 Å². The summed E-state index contributed by atoms with van der Waals surface area (Å²) < 4.78 is 44.2. The first-order chi connectivity index (χ1) is 12.3. The van der Waals surface area contributed by atoms with Crippen LogP contribution in [-0.2, 0) is 0 Å². The Balaban J connectivity index is 2.17. The Labute approximate surface area is 158 Å². The van der Waals surface area contributed by atoms with E-state index >= 15 is 0 Å². The van der Waals surface area contributed by atoms with Crippen LogP contribution in [0.3, 0.4) is 0 Å². The third-order valence-corrected chi connectivity index (χ3v) is 4.50. The van der Waals surface area contributed by atoms with Crippen LogP contribution in [0.2, 0.25) is 5.02 Å². The number of benzene rings is 2. The van der Waals surface area contributed by atoms with E-state index in [0.29, 0.717) is 33.3 Å². The molecule has 3 nitrogen and oxygen atoms in total. The monoisotopic (exact) mass is 398 g/mol. The van der Waals surface area contributed by atoms with Gasteiger partial charge in [-0.15, -0.1) is 0 Å². The summed E-state index contributed by atoms with van der Waals surface area (Å²) in [4.78, 5) is 4.38. The van der Waals surface area contributed by atoms with E-state index in [4.69, 9.17) is 28.6 Å². The van der Waals surface area contributed by atoms with E-state index in [0.717, 1.165) is 0 Å². The summed E-state index contributed by atoms with van der Waals surface area (Å²) in [6.45, 7) is 0.